The molecule has 4 nitrogen and oxygen atoms in total. The van der Waals surface area contributed by atoms with E-state index in [4.69, 9.17) is 52.1 Å². The number of nitrogens with two attached hydrogens (primary N) is 1. The number of halogens is 5. The Hall–Kier alpha value is -2.31. The largest absolute Gasteiger partial charge is 0.332 e. The first kappa shape index (κ1) is 29.2. The highest BCUT2D eigenvalue weighted by Crippen LogP contribution is 2.28. The lowest BCUT2D eigenvalue weighted by Gasteiger charge is -2.32. The third-order valence-corrected chi connectivity index (χ3v) is 7.28. The van der Waals surface area contributed by atoms with Gasteiger partial charge in [0.05, 0.1) is 26.1 Å². The summed E-state index contributed by atoms with van der Waals surface area (Å²) >= 11 is 24.4. The molecule has 0 aliphatic carbocycles. The Bertz CT molecular complexity index is 1300. The number of benzene rings is 3. The molecule has 192 valence electrons. The highest BCUT2D eigenvalue weighted by Gasteiger charge is 2.31. The fraction of sp³-hybridized carbons (Fsp3) is 0.143. The van der Waals surface area contributed by atoms with Crippen molar-refractivity contribution < 1.29 is 9.59 Å². The molecule has 0 spiro atoms. The van der Waals surface area contributed by atoms with Gasteiger partial charge < -0.3 is 10.6 Å². The maximum Gasteiger partial charge on any atom is 0.240 e. The molecule has 1 heterocycles. The molecule has 1 atom stereocenters. The molecule has 1 fully saturated rings. The summed E-state index contributed by atoms with van der Waals surface area (Å²) in [5.74, 6) is -0.417. The van der Waals surface area contributed by atoms with E-state index in [0.29, 0.717) is 48.8 Å². The predicted octanol–water partition coefficient (Wildman–Crippen LogP) is 7.17. The predicted molar refractivity (Wildman–Crippen MR) is 156 cm³/mol. The minimum absolute atomic E-state index is 0. The molecular formula is C28H23Cl5N2O2. The molecule has 0 bridgehead atoms. The summed E-state index contributed by atoms with van der Waals surface area (Å²) in [6.45, 7) is 0.248. The van der Waals surface area contributed by atoms with E-state index in [1.165, 1.54) is 0 Å². The van der Waals surface area contributed by atoms with Crippen molar-refractivity contribution in [1.29, 1.82) is 0 Å². The highest BCUT2D eigenvalue weighted by molar-refractivity contribution is 6.42. The number of nitrogens with zero attached hydrogens (tertiary/aromatic N) is 1. The number of carbonyl (C=O) groups is 2. The van der Waals surface area contributed by atoms with E-state index < -0.39 is 6.04 Å². The van der Waals surface area contributed by atoms with Gasteiger partial charge in [-0.05, 0) is 59.5 Å². The topological polar surface area (TPSA) is 63.4 Å². The molecule has 1 unspecified atom stereocenters. The van der Waals surface area contributed by atoms with Gasteiger partial charge in [-0.25, -0.2) is 0 Å². The number of ketones is 1. The molecule has 9 heteroatoms. The van der Waals surface area contributed by atoms with E-state index in [1.807, 2.05) is 30.3 Å². The molecule has 0 saturated carbocycles. The Labute approximate surface area is 242 Å². The number of hydrogen-bond donors (Lipinski definition) is 1. The average molecular weight is 597 g/mol. The van der Waals surface area contributed by atoms with Gasteiger partial charge in [-0.15, -0.1) is 12.4 Å². The van der Waals surface area contributed by atoms with Crippen LogP contribution in [0.2, 0.25) is 20.1 Å². The minimum Gasteiger partial charge on any atom is -0.332 e. The monoisotopic (exact) mass is 594 g/mol. The molecule has 37 heavy (non-hydrogen) atoms. The van der Waals surface area contributed by atoms with Crippen LogP contribution in [0.3, 0.4) is 0 Å². The number of amides is 1. The Morgan fingerprint density at radius 1 is 0.811 bits per heavy atom. The van der Waals surface area contributed by atoms with Crippen molar-refractivity contribution in [3.63, 3.8) is 0 Å². The molecule has 3 aromatic carbocycles. The summed E-state index contributed by atoms with van der Waals surface area (Å²) in [6.07, 6.45) is 3.83. The van der Waals surface area contributed by atoms with Crippen LogP contribution in [-0.2, 0) is 16.0 Å². The minimum atomic E-state index is -0.752. The number of likely N-dealkylation sites (tertiary alicyclic amines) is 1. The Morgan fingerprint density at radius 2 is 1.30 bits per heavy atom. The van der Waals surface area contributed by atoms with Gasteiger partial charge in [0.2, 0.25) is 5.91 Å². The normalized spacial score (nSPS) is 16.6. The molecular weight excluding hydrogens is 574 g/mol. The molecule has 2 N–H and O–H groups in total. The van der Waals surface area contributed by atoms with Crippen LogP contribution < -0.4 is 5.73 Å². The third-order valence-electron chi connectivity index (χ3n) is 5.80. The van der Waals surface area contributed by atoms with Gasteiger partial charge in [-0.1, -0.05) is 88.9 Å². The van der Waals surface area contributed by atoms with Crippen molar-refractivity contribution in [2.75, 3.05) is 13.1 Å². The van der Waals surface area contributed by atoms with Gasteiger partial charge in [0.25, 0.3) is 0 Å². The van der Waals surface area contributed by atoms with E-state index >= 15 is 0 Å². The maximum atomic E-state index is 13.4. The van der Waals surface area contributed by atoms with E-state index in [-0.39, 0.29) is 37.2 Å². The van der Waals surface area contributed by atoms with E-state index in [2.05, 4.69) is 0 Å². The Morgan fingerprint density at radius 3 is 1.76 bits per heavy atom. The molecule has 1 saturated heterocycles. The van der Waals surface area contributed by atoms with Crippen molar-refractivity contribution >= 4 is 82.7 Å². The number of rotatable bonds is 5. The molecule has 0 radical (unpaired) electrons. The van der Waals surface area contributed by atoms with Gasteiger partial charge in [-0.2, -0.15) is 0 Å². The fourth-order valence-corrected chi connectivity index (χ4v) is 4.60. The lowest BCUT2D eigenvalue weighted by molar-refractivity contribution is -0.132. The summed E-state index contributed by atoms with van der Waals surface area (Å²) in [6, 6.07) is 19.0. The second-order valence-electron chi connectivity index (χ2n) is 8.51. The quantitative estimate of drug-likeness (QED) is 0.318. The first-order chi connectivity index (χ1) is 17.2. The second-order valence-corrected chi connectivity index (χ2v) is 10.1. The van der Waals surface area contributed by atoms with Crippen molar-refractivity contribution in [3.8, 4) is 0 Å². The zero-order valence-corrected chi connectivity index (χ0v) is 23.3. The maximum absolute atomic E-state index is 13.4. The van der Waals surface area contributed by atoms with E-state index in [0.717, 1.165) is 5.56 Å². The molecule has 4 rings (SSSR count). The van der Waals surface area contributed by atoms with Crippen molar-refractivity contribution in [2.24, 2.45) is 5.73 Å². The zero-order chi connectivity index (χ0) is 25.8. The van der Waals surface area contributed by atoms with Crippen LogP contribution in [0.4, 0.5) is 0 Å². The van der Waals surface area contributed by atoms with Crippen molar-refractivity contribution in [2.45, 2.75) is 12.5 Å². The lowest BCUT2D eigenvalue weighted by atomic mass is 9.93. The van der Waals surface area contributed by atoms with E-state index in [9.17, 15) is 9.59 Å². The molecule has 3 aromatic rings. The highest BCUT2D eigenvalue weighted by atomic mass is 35.5. The first-order valence-corrected chi connectivity index (χ1v) is 12.7. The number of Topliss-reactive ketones (excluding diaryl/α,β-unsaturated/α-hetero) is 1. The van der Waals surface area contributed by atoms with Gasteiger partial charge in [0.15, 0.2) is 5.78 Å². The lowest BCUT2D eigenvalue weighted by Crippen LogP contribution is -2.49. The molecule has 1 aliphatic rings. The van der Waals surface area contributed by atoms with Gasteiger partial charge in [-0.3, -0.25) is 9.59 Å². The first-order valence-electron chi connectivity index (χ1n) is 11.2. The van der Waals surface area contributed by atoms with Crippen LogP contribution >= 0.6 is 58.8 Å². The van der Waals surface area contributed by atoms with Crippen LogP contribution in [0.15, 0.2) is 77.9 Å². The van der Waals surface area contributed by atoms with Gasteiger partial charge in [0.1, 0.15) is 0 Å². The summed E-state index contributed by atoms with van der Waals surface area (Å²) in [4.78, 5) is 28.4. The van der Waals surface area contributed by atoms with Crippen LogP contribution in [0.1, 0.15) is 16.7 Å². The Kier molecular flexibility index (Phi) is 10.3. The SMILES string of the molecule is Cl.NC(Cc1ccccc1)C(=O)N1C/C(=C\c2ccc(Cl)c(Cl)c2)C(=O)/C(=C/c2ccc(Cl)c(Cl)c2)C1. The van der Waals surface area contributed by atoms with Crippen LogP contribution in [0.5, 0.6) is 0 Å². The smallest absolute Gasteiger partial charge is 0.240 e. The van der Waals surface area contributed by atoms with Crippen molar-refractivity contribution in [1.82, 2.24) is 4.90 Å². The third kappa shape index (κ3) is 7.38. The van der Waals surface area contributed by atoms with Gasteiger partial charge in [0, 0.05) is 24.2 Å². The molecule has 1 amide bonds. The average Bonchev–Trinajstić information content (AvgIpc) is 2.86. The van der Waals surface area contributed by atoms with Crippen molar-refractivity contribution in [3.05, 3.63) is 115 Å². The van der Waals surface area contributed by atoms with Gasteiger partial charge >= 0.3 is 0 Å². The standard InChI is InChI=1S/C28H22Cl4N2O2.ClH/c29-22-8-6-18(12-24(22)31)10-20-15-34(28(36)26(33)14-17-4-2-1-3-5-17)16-21(27(20)35)11-19-7-9-23(30)25(32)13-19;/h1-13,26H,14-16,33H2;1H/b20-10+,21-11+;. The zero-order valence-electron chi connectivity index (χ0n) is 19.5. The summed E-state index contributed by atoms with van der Waals surface area (Å²) < 4.78 is 0. The fourth-order valence-electron chi connectivity index (χ4n) is 3.99. The van der Waals surface area contributed by atoms with E-state index in [1.54, 1.807) is 53.5 Å². The number of carbonyl (C=O) groups excluding carboxylic acids is 2. The van der Waals surface area contributed by atoms with Crippen LogP contribution in [0.25, 0.3) is 12.2 Å². The second kappa shape index (κ2) is 13.0. The summed E-state index contributed by atoms with van der Waals surface area (Å²) in [5, 5.41) is 1.58. The number of piperidine rings is 1. The summed E-state index contributed by atoms with van der Waals surface area (Å²) in [5.41, 5.74) is 9.54. The van der Waals surface area contributed by atoms with Crippen LogP contribution in [-0.4, -0.2) is 35.7 Å². The van der Waals surface area contributed by atoms with Crippen LogP contribution in [0, 0.1) is 0 Å². The molecule has 0 aromatic heterocycles. The molecule has 1 aliphatic heterocycles. The number of hydrogen-bond acceptors (Lipinski definition) is 3. The summed E-state index contributed by atoms with van der Waals surface area (Å²) in [7, 11) is 0. The Balaban J connectivity index is 0.00000380.